The van der Waals surface area contributed by atoms with E-state index in [2.05, 4.69) is 40.3 Å². The van der Waals surface area contributed by atoms with Gasteiger partial charge in [0.05, 0.1) is 12.8 Å². The molecule has 0 radical (unpaired) electrons. The average Bonchev–Trinajstić information content (AvgIpc) is 2.76. The van der Waals surface area contributed by atoms with E-state index in [9.17, 15) is 4.79 Å². The fraction of sp³-hybridized carbons (Fsp3) is 0.455. The van der Waals surface area contributed by atoms with Crippen LogP contribution in [-0.4, -0.2) is 81.2 Å². The van der Waals surface area contributed by atoms with E-state index < -0.39 is 0 Å². The van der Waals surface area contributed by atoms with Crippen molar-refractivity contribution in [2.75, 3.05) is 70.7 Å². The summed E-state index contributed by atoms with van der Waals surface area (Å²) >= 11 is 0. The van der Waals surface area contributed by atoms with Gasteiger partial charge in [0.1, 0.15) is 11.6 Å². The van der Waals surface area contributed by atoms with Crippen LogP contribution in [0.3, 0.4) is 0 Å². The molecule has 1 amide bonds. The SMILES string of the molecule is COc1ccccc1N1CCN(C(=O)c2ccnc(NCCCN(C)C)c2)CC1. The lowest BCUT2D eigenvalue weighted by atomic mass is 10.2. The molecular weight excluding hydrogens is 366 g/mol. The Balaban J connectivity index is 1.56. The normalized spacial score (nSPS) is 14.2. The van der Waals surface area contributed by atoms with Gasteiger partial charge in [-0.05, 0) is 51.3 Å². The monoisotopic (exact) mass is 397 g/mol. The maximum absolute atomic E-state index is 13.0. The summed E-state index contributed by atoms with van der Waals surface area (Å²) in [5, 5.41) is 3.31. The van der Waals surface area contributed by atoms with Crippen LogP contribution in [0.5, 0.6) is 5.75 Å². The highest BCUT2D eigenvalue weighted by molar-refractivity contribution is 5.95. The summed E-state index contributed by atoms with van der Waals surface area (Å²) in [4.78, 5) is 23.6. The van der Waals surface area contributed by atoms with Gasteiger partial charge in [-0.1, -0.05) is 12.1 Å². The third kappa shape index (κ3) is 5.60. The van der Waals surface area contributed by atoms with Crippen molar-refractivity contribution in [3.63, 3.8) is 0 Å². The van der Waals surface area contributed by atoms with Gasteiger partial charge in [0.15, 0.2) is 0 Å². The van der Waals surface area contributed by atoms with Crippen LogP contribution in [0.2, 0.25) is 0 Å². The summed E-state index contributed by atoms with van der Waals surface area (Å²) in [6.45, 7) is 4.79. The molecule has 2 heterocycles. The second-order valence-corrected chi connectivity index (χ2v) is 7.46. The van der Waals surface area contributed by atoms with Gasteiger partial charge in [0, 0.05) is 44.5 Å². The molecule has 3 rings (SSSR count). The quantitative estimate of drug-likeness (QED) is 0.691. The molecule has 156 valence electrons. The Morgan fingerprint density at radius 1 is 1.17 bits per heavy atom. The summed E-state index contributed by atoms with van der Waals surface area (Å²) in [5.41, 5.74) is 1.76. The predicted octanol–water partition coefficient (Wildman–Crippen LogP) is 2.42. The van der Waals surface area contributed by atoms with Crippen molar-refractivity contribution in [2.45, 2.75) is 6.42 Å². The Hall–Kier alpha value is -2.80. The van der Waals surface area contributed by atoms with E-state index in [4.69, 9.17) is 4.74 Å². The molecule has 1 N–H and O–H groups in total. The molecule has 7 heteroatoms. The Bertz CT molecular complexity index is 803. The Labute approximate surface area is 173 Å². The molecule has 29 heavy (non-hydrogen) atoms. The van der Waals surface area contributed by atoms with Crippen molar-refractivity contribution in [2.24, 2.45) is 0 Å². The summed E-state index contributed by atoms with van der Waals surface area (Å²) in [7, 11) is 5.81. The van der Waals surface area contributed by atoms with Gasteiger partial charge in [-0.2, -0.15) is 0 Å². The fourth-order valence-corrected chi connectivity index (χ4v) is 3.50. The number of carbonyl (C=O) groups excluding carboxylic acids is 1. The lowest BCUT2D eigenvalue weighted by molar-refractivity contribution is 0.0746. The van der Waals surface area contributed by atoms with Gasteiger partial charge in [-0.15, -0.1) is 0 Å². The average molecular weight is 398 g/mol. The van der Waals surface area contributed by atoms with Crippen LogP contribution in [0.1, 0.15) is 16.8 Å². The molecule has 2 aromatic rings. The number of nitrogens with one attached hydrogen (secondary N) is 1. The number of aromatic nitrogens is 1. The maximum Gasteiger partial charge on any atom is 0.254 e. The molecule has 0 saturated carbocycles. The van der Waals surface area contributed by atoms with Gasteiger partial charge in [-0.25, -0.2) is 4.98 Å². The van der Waals surface area contributed by atoms with Crippen molar-refractivity contribution in [1.29, 1.82) is 0 Å². The lowest BCUT2D eigenvalue weighted by Gasteiger charge is -2.36. The Morgan fingerprint density at radius 3 is 2.66 bits per heavy atom. The zero-order chi connectivity index (χ0) is 20.6. The van der Waals surface area contributed by atoms with Crippen molar-refractivity contribution < 1.29 is 9.53 Å². The number of benzene rings is 1. The number of methoxy groups -OCH3 is 1. The molecule has 1 aromatic heterocycles. The van der Waals surface area contributed by atoms with Crippen LogP contribution in [0, 0.1) is 0 Å². The molecule has 1 aliphatic heterocycles. The van der Waals surface area contributed by atoms with Crippen LogP contribution in [0.4, 0.5) is 11.5 Å². The number of pyridine rings is 1. The third-order valence-corrected chi connectivity index (χ3v) is 5.09. The molecule has 1 saturated heterocycles. The van der Waals surface area contributed by atoms with Crippen molar-refractivity contribution in [3.8, 4) is 5.75 Å². The van der Waals surface area contributed by atoms with Crippen LogP contribution >= 0.6 is 0 Å². The summed E-state index contributed by atoms with van der Waals surface area (Å²) in [6, 6.07) is 11.7. The van der Waals surface area contributed by atoms with E-state index in [0.29, 0.717) is 18.7 Å². The molecule has 0 atom stereocenters. The smallest absolute Gasteiger partial charge is 0.254 e. The number of ether oxygens (including phenoxy) is 1. The molecule has 1 fully saturated rings. The lowest BCUT2D eigenvalue weighted by Crippen LogP contribution is -2.48. The van der Waals surface area contributed by atoms with Crippen molar-refractivity contribution in [3.05, 3.63) is 48.2 Å². The molecule has 0 aliphatic carbocycles. The number of hydrogen-bond donors (Lipinski definition) is 1. The van der Waals surface area contributed by atoms with Crippen LogP contribution in [0.25, 0.3) is 0 Å². The zero-order valence-electron chi connectivity index (χ0n) is 17.6. The van der Waals surface area contributed by atoms with Crippen molar-refractivity contribution >= 4 is 17.4 Å². The summed E-state index contributed by atoms with van der Waals surface area (Å²) in [5.74, 6) is 1.68. The number of rotatable bonds is 8. The molecule has 1 aliphatic rings. The van der Waals surface area contributed by atoms with Crippen molar-refractivity contribution in [1.82, 2.24) is 14.8 Å². The van der Waals surface area contributed by atoms with Crippen LogP contribution in [0.15, 0.2) is 42.6 Å². The third-order valence-electron chi connectivity index (χ3n) is 5.09. The molecule has 7 nitrogen and oxygen atoms in total. The Morgan fingerprint density at radius 2 is 1.93 bits per heavy atom. The first kappa shape index (κ1) is 20.9. The topological polar surface area (TPSA) is 60.9 Å². The van der Waals surface area contributed by atoms with Gasteiger partial charge in [0.25, 0.3) is 5.91 Å². The van der Waals surface area contributed by atoms with Crippen LogP contribution in [-0.2, 0) is 0 Å². The van der Waals surface area contributed by atoms with E-state index in [1.165, 1.54) is 0 Å². The van der Waals surface area contributed by atoms with E-state index in [0.717, 1.165) is 49.9 Å². The van der Waals surface area contributed by atoms with Gasteiger partial charge >= 0.3 is 0 Å². The first-order valence-corrected chi connectivity index (χ1v) is 10.1. The molecule has 0 bridgehead atoms. The van der Waals surface area contributed by atoms with Gasteiger partial charge in [-0.3, -0.25) is 4.79 Å². The number of piperazine rings is 1. The molecule has 1 aromatic carbocycles. The largest absolute Gasteiger partial charge is 0.495 e. The zero-order valence-corrected chi connectivity index (χ0v) is 17.6. The number of hydrogen-bond acceptors (Lipinski definition) is 6. The minimum Gasteiger partial charge on any atom is -0.495 e. The highest BCUT2D eigenvalue weighted by Crippen LogP contribution is 2.28. The maximum atomic E-state index is 13.0. The van der Waals surface area contributed by atoms with Crippen LogP contribution < -0.4 is 15.0 Å². The minimum absolute atomic E-state index is 0.0587. The number of para-hydroxylation sites is 2. The number of nitrogens with zero attached hydrogens (tertiary/aromatic N) is 4. The highest BCUT2D eigenvalue weighted by Gasteiger charge is 2.24. The Kier molecular flexibility index (Phi) is 7.30. The van der Waals surface area contributed by atoms with E-state index in [1.54, 1.807) is 19.4 Å². The first-order chi connectivity index (χ1) is 14.1. The predicted molar refractivity (Wildman–Crippen MR) is 117 cm³/mol. The van der Waals surface area contributed by atoms with Gasteiger partial charge in [0.2, 0.25) is 0 Å². The summed E-state index contributed by atoms with van der Waals surface area (Å²) < 4.78 is 5.47. The van der Waals surface area contributed by atoms with E-state index in [1.807, 2.05) is 29.2 Å². The number of anilines is 2. The standard InChI is InChI=1S/C22H31N5O2/c1-25(2)12-6-10-23-21-17-18(9-11-24-21)22(28)27-15-13-26(14-16-27)19-7-4-5-8-20(19)29-3/h4-5,7-9,11,17H,6,10,12-16H2,1-3H3,(H,23,24). The molecular formula is C22H31N5O2. The molecule has 0 unspecified atom stereocenters. The fourth-order valence-electron chi connectivity index (χ4n) is 3.50. The summed E-state index contributed by atoms with van der Waals surface area (Å²) in [6.07, 6.45) is 2.73. The van der Waals surface area contributed by atoms with Gasteiger partial charge < -0.3 is 24.8 Å². The first-order valence-electron chi connectivity index (χ1n) is 10.1. The minimum atomic E-state index is 0.0587. The molecule has 0 spiro atoms. The number of amides is 1. The number of carbonyl (C=O) groups is 1. The van der Waals surface area contributed by atoms with E-state index >= 15 is 0 Å². The second-order valence-electron chi connectivity index (χ2n) is 7.46. The van der Waals surface area contributed by atoms with E-state index in [-0.39, 0.29) is 5.91 Å². The highest BCUT2D eigenvalue weighted by atomic mass is 16.5. The second kappa shape index (κ2) is 10.1.